The minimum absolute atomic E-state index is 0.828. The SMILES string of the molecule is CCN(CC)CCc1c[nH]c2ccc3c(c12)CCO3. The first-order valence-electron chi connectivity index (χ1n) is 7.30. The summed E-state index contributed by atoms with van der Waals surface area (Å²) in [6.45, 7) is 8.66. The Balaban J connectivity index is 1.90. The summed E-state index contributed by atoms with van der Waals surface area (Å²) >= 11 is 0. The van der Waals surface area contributed by atoms with E-state index in [1.807, 2.05) is 0 Å². The van der Waals surface area contributed by atoms with Gasteiger partial charge in [-0.25, -0.2) is 0 Å². The average Bonchev–Trinajstić information content (AvgIpc) is 3.04. The van der Waals surface area contributed by atoms with E-state index < -0.39 is 0 Å². The van der Waals surface area contributed by atoms with E-state index in [1.54, 1.807) is 0 Å². The molecule has 0 aliphatic carbocycles. The molecule has 0 fully saturated rings. The molecule has 1 aromatic heterocycles. The second kappa shape index (κ2) is 5.25. The summed E-state index contributed by atoms with van der Waals surface area (Å²) < 4.78 is 5.67. The van der Waals surface area contributed by atoms with Gasteiger partial charge in [-0.05, 0) is 37.2 Å². The number of ether oxygens (including phenoxy) is 1. The lowest BCUT2D eigenvalue weighted by Crippen LogP contribution is -2.25. The van der Waals surface area contributed by atoms with Crippen LogP contribution in [0.4, 0.5) is 0 Å². The van der Waals surface area contributed by atoms with Gasteiger partial charge in [-0.15, -0.1) is 0 Å². The molecule has 0 amide bonds. The van der Waals surface area contributed by atoms with E-state index in [1.165, 1.54) is 22.0 Å². The van der Waals surface area contributed by atoms with Crippen LogP contribution in [0.15, 0.2) is 18.3 Å². The average molecular weight is 258 g/mol. The van der Waals surface area contributed by atoms with Gasteiger partial charge >= 0.3 is 0 Å². The van der Waals surface area contributed by atoms with Crippen molar-refractivity contribution < 1.29 is 4.74 Å². The lowest BCUT2D eigenvalue weighted by Gasteiger charge is -2.17. The summed E-state index contributed by atoms with van der Waals surface area (Å²) in [4.78, 5) is 5.87. The van der Waals surface area contributed by atoms with Gasteiger partial charge in [-0.1, -0.05) is 13.8 Å². The highest BCUT2D eigenvalue weighted by atomic mass is 16.5. The molecule has 0 atom stereocenters. The van der Waals surface area contributed by atoms with Crippen molar-refractivity contribution in [3.8, 4) is 5.75 Å². The molecule has 3 nitrogen and oxygen atoms in total. The van der Waals surface area contributed by atoms with Crippen LogP contribution in [0, 0.1) is 0 Å². The van der Waals surface area contributed by atoms with E-state index in [9.17, 15) is 0 Å². The summed E-state index contributed by atoms with van der Waals surface area (Å²) in [6, 6.07) is 4.23. The zero-order chi connectivity index (χ0) is 13.2. The number of likely N-dealkylation sites (N-methyl/N-ethyl adjacent to an activating group) is 1. The molecule has 2 aromatic rings. The van der Waals surface area contributed by atoms with Crippen LogP contribution >= 0.6 is 0 Å². The summed E-state index contributed by atoms with van der Waals surface area (Å²) in [6.07, 6.45) is 4.33. The fourth-order valence-electron chi connectivity index (χ4n) is 3.01. The van der Waals surface area contributed by atoms with E-state index in [0.29, 0.717) is 0 Å². The van der Waals surface area contributed by atoms with Crippen molar-refractivity contribution in [2.75, 3.05) is 26.2 Å². The second-order valence-corrected chi connectivity index (χ2v) is 5.15. The summed E-state index contributed by atoms with van der Waals surface area (Å²) in [7, 11) is 0. The third kappa shape index (κ3) is 2.23. The fraction of sp³-hybridized carbons (Fsp3) is 0.500. The highest BCUT2D eigenvalue weighted by molar-refractivity contribution is 5.89. The van der Waals surface area contributed by atoms with Gasteiger partial charge in [0.1, 0.15) is 5.75 Å². The predicted molar refractivity (Wildman–Crippen MR) is 79.0 cm³/mol. The van der Waals surface area contributed by atoms with E-state index in [2.05, 4.69) is 42.1 Å². The van der Waals surface area contributed by atoms with Gasteiger partial charge in [-0.3, -0.25) is 0 Å². The zero-order valence-electron chi connectivity index (χ0n) is 11.8. The van der Waals surface area contributed by atoms with Crippen molar-refractivity contribution in [1.82, 2.24) is 9.88 Å². The van der Waals surface area contributed by atoms with Crippen molar-refractivity contribution in [2.24, 2.45) is 0 Å². The van der Waals surface area contributed by atoms with Crippen LogP contribution < -0.4 is 4.74 Å². The zero-order valence-corrected chi connectivity index (χ0v) is 11.8. The molecule has 102 valence electrons. The Kier molecular flexibility index (Phi) is 3.47. The first-order valence-corrected chi connectivity index (χ1v) is 7.30. The maximum atomic E-state index is 5.67. The molecule has 0 spiro atoms. The molecule has 1 N–H and O–H groups in total. The Morgan fingerprint density at radius 2 is 2.11 bits per heavy atom. The Morgan fingerprint density at radius 1 is 1.26 bits per heavy atom. The second-order valence-electron chi connectivity index (χ2n) is 5.15. The smallest absolute Gasteiger partial charge is 0.123 e. The molecule has 3 heteroatoms. The molecule has 0 saturated heterocycles. The summed E-state index contributed by atoms with van der Waals surface area (Å²) in [5, 5.41) is 1.40. The first-order chi connectivity index (χ1) is 9.33. The van der Waals surface area contributed by atoms with Crippen LogP contribution in [-0.4, -0.2) is 36.1 Å². The van der Waals surface area contributed by atoms with Gasteiger partial charge in [-0.2, -0.15) is 0 Å². The van der Waals surface area contributed by atoms with Crippen molar-refractivity contribution in [2.45, 2.75) is 26.7 Å². The summed E-state index contributed by atoms with van der Waals surface area (Å²) in [5.74, 6) is 1.08. The van der Waals surface area contributed by atoms with E-state index in [-0.39, 0.29) is 0 Å². The van der Waals surface area contributed by atoms with Crippen molar-refractivity contribution in [3.05, 3.63) is 29.5 Å². The molecule has 1 aromatic carbocycles. The van der Waals surface area contributed by atoms with Crippen LogP contribution in [0.3, 0.4) is 0 Å². The van der Waals surface area contributed by atoms with Crippen LogP contribution in [-0.2, 0) is 12.8 Å². The molecule has 0 unspecified atom stereocenters. The number of aromatic nitrogens is 1. The highest BCUT2D eigenvalue weighted by Crippen LogP contribution is 2.34. The third-order valence-corrected chi connectivity index (χ3v) is 4.19. The first kappa shape index (κ1) is 12.5. The van der Waals surface area contributed by atoms with Gasteiger partial charge in [0.05, 0.1) is 6.61 Å². The monoisotopic (exact) mass is 258 g/mol. The number of nitrogens with zero attached hydrogens (tertiary/aromatic N) is 1. The number of fused-ring (bicyclic) bond motifs is 3. The van der Waals surface area contributed by atoms with Crippen LogP contribution in [0.2, 0.25) is 0 Å². The van der Waals surface area contributed by atoms with Gasteiger partial charge in [0.15, 0.2) is 0 Å². The normalized spacial score (nSPS) is 14.1. The molecule has 19 heavy (non-hydrogen) atoms. The number of rotatable bonds is 5. The topological polar surface area (TPSA) is 28.3 Å². The minimum Gasteiger partial charge on any atom is -0.493 e. The predicted octanol–water partition coefficient (Wildman–Crippen LogP) is 2.99. The molecule has 0 saturated carbocycles. The van der Waals surface area contributed by atoms with Crippen LogP contribution in [0.1, 0.15) is 25.0 Å². The Morgan fingerprint density at radius 3 is 2.89 bits per heavy atom. The third-order valence-electron chi connectivity index (χ3n) is 4.19. The molecular weight excluding hydrogens is 236 g/mol. The van der Waals surface area contributed by atoms with E-state index in [0.717, 1.165) is 44.8 Å². The largest absolute Gasteiger partial charge is 0.493 e. The lowest BCUT2D eigenvalue weighted by molar-refractivity contribution is 0.308. The molecule has 1 aliphatic heterocycles. The molecule has 2 heterocycles. The highest BCUT2D eigenvalue weighted by Gasteiger charge is 2.18. The number of hydrogen-bond acceptors (Lipinski definition) is 2. The Bertz CT molecular complexity index is 569. The quantitative estimate of drug-likeness (QED) is 0.893. The summed E-state index contributed by atoms with van der Waals surface area (Å²) in [5.41, 5.74) is 4.08. The number of nitrogens with one attached hydrogen (secondary N) is 1. The van der Waals surface area contributed by atoms with Crippen molar-refractivity contribution >= 4 is 10.9 Å². The van der Waals surface area contributed by atoms with Gasteiger partial charge in [0, 0.05) is 35.6 Å². The molecule has 1 aliphatic rings. The standard InChI is InChI=1S/C16H22N2O/c1-3-18(4-2)9-7-12-11-17-14-5-6-15-13(16(12)14)8-10-19-15/h5-6,11,17H,3-4,7-10H2,1-2H3. The Hall–Kier alpha value is -1.48. The van der Waals surface area contributed by atoms with Gasteiger partial charge in [0.2, 0.25) is 0 Å². The molecule has 0 bridgehead atoms. The van der Waals surface area contributed by atoms with E-state index >= 15 is 0 Å². The van der Waals surface area contributed by atoms with E-state index in [4.69, 9.17) is 4.74 Å². The number of H-pyrrole nitrogens is 1. The Labute approximate surface area is 114 Å². The number of benzene rings is 1. The maximum absolute atomic E-state index is 5.67. The fourth-order valence-corrected chi connectivity index (χ4v) is 3.01. The number of hydrogen-bond donors (Lipinski definition) is 1. The van der Waals surface area contributed by atoms with Gasteiger partial charge in [0.25, 0.3) is 0 Å². The minimum atomic E-state index is 0.828. The van der Waals surface area contributed by atoms with Crippen LogP contribution in [0.5, 0.6) is 5.75 Å². The van der Waals surface area contributed by atoms with Gasteiger partial charge < -0.3 is 14.6 Å². The molecule has 0 radical (unpaired) electrons. The maximum Gasteiger partial charge on any atom is 0.123 e. The number of aromatic amines is 1. The van der Waals surface area contributed by atoms with Crippen LogP contribution in [0.25, 0.3) is 10.9 Å². The lowest BCUT2D eigenvalue weighted by atomic mass is 10.0. The van der Waals surface area contributed by atoms with Crippen molar-refractivity contribution in [1.29, 1.82) is 0 Å². The molecular formula is C16H22N2O. The van der Waals surface area contributed by atoms with Crippen molar-refractivity contribution in [3.63, 3.8) is 0 Å². The molecule has 3 rings (SSSR count).